The largest absolute Gasteiger partial charge is 0.359 e. The first-order valence-corrected chi connectivity index (χ1v) is 5.20. The maximum absolute atomic E-state index is 10.9. The molecular formula is C12H18N2O. The number of carbonyl (C=O) groups is 1. The van der Waals surface area contributed by atoms with Gasteiger partial charge in [0, 0.05) is 26.6 Å². The Balaban J connectivity index is 2.26. The molecule has 0 unspecified atom stereocenters. The molecule has 0 aliphatic heterocycles. The van der Waals surface area contributed by atoms with Crippen LogP contribution in [0.4, 0.5) is 0 Å². The zero-order valence-corrected chi connectivity index (χ0v) is 9.34. The molecule has 1 aromatic carbocycles. The molecule has 0 radical (unpaired) electrons. The summed E-state index contributed by atoms with van der Waals surface area (Å²) in [5.41, 5.74) is 2.57. The van der Waals surface area contributed by atoms with Gasteiger partial charge in [0.1, 0.15) is 0 Å². The van der Waals surface area contributed by atoms with Crippen LogP contribution >= 0.6 is 0 Å². The summed E-state index contributed by atoms with van der Waals surface area (Å²) in [6.45, 7) is 3.63. The van der Waals surface area contributed by atoms with E-state index in [1.54, 1.807) is 7.05 Å². The Kier molecular flexibility index (Phi) is 4.84. The number of benzene rings is 1. The van der Waals surface area contributed by atoms with Gasteiger partial charge in [0.25, 0.3) is 0 Å². The van der Waals surface area contributed by atoms with Crippen molar-refractivity contribution in [2.75, 3.05) is 13.6 Å². The summed E-state index contributed by atoms with van der Waals surface area (Å²) in [5.74, 6) is 0.0762. The number of hydrogen-bond acceptors (Lipinski definition) is 2. The van der Waals surface area contributed by atoms with E-state index in [0.29, 0.717) is 13.0 Å². The molecule has 0 aromatic heterocycles. The summed E-state index contributed by atoms with van der Waals surface area (Å²) in [7, 11) is 1.66. The lowest BCUT2D eigenvalue weighted by Crippen LogP contribution is -2.24. The van der Waals surface area contributed by atoms with Crippen LogP contribution in [0.1, 0.15) is 17.5 Å². The molecule has 0 fully saturated rings. The standard InChI is InChI=1S/C12H18N2O/c1-10-5-3-4-6-11(10)9-14-8-7-12(15)13-2/h3-6,14H,7-9H2,1-2H3,(H,13,15). The molecule has 0 heterocycles. The van der Waals surface area contributed by atoms with Crippen molar-refractivity contribution in [1.82, 2.24) is 10.6 Å². The Morgan fingerprint density at radius 3 is 2.73 bits per heavy atom. The lowest BCUT2D eigenvalue weighted by molar-refractivity contribution is -0.120. The second kappa shape index (κ2) is 6.19. The molecule has 1 aromatic rings. The fourth-order valence-corrected chi connectivity index (χ4v) is 1.36. The average Bonchev–Trinajstić information content (AvgIpc) is 2.26. The van der Waals surface area contributed by atoms with E-state index in [1.165, 1.54) is 11.1 Å². The number of nitrogens with one attached hydrogen (secondary N) is 2. The number of amides is 1. The molecule has 1 rings (SSSR count). The highest BCUT2D eigenvalue weighted by Crippen LogP contribution is 2.05. The lowest BCUT2D eigenvalue weighted by atomic mass is 10.1. The van der Waals surface area contributed by atoms with E-state index >= 15 is 0 Å². The van der Waals surface area contributed by atoms with Crippen molar-refractivity contribution in [1.29, 1.82) is 0 Å². The van der Waals surface area contributed by atoms with Gasteiger partial charge < -0.3 is 10.6 Å². The summed E-state index contributed by atoms with van der Waals surface area (Å²) in [6, 6.07) is 8.25. The minimum Gasteiger partial charge on any atom is -0.359 e. The normalized spacial score (nSPS) is 10.0. The van der Waals surface area contributed by atoms with Gasteiger partial charge in [-0.25, -0.2) is 0 Å². The van der Waals surface area contributed by atoms with Crippen LogP contribution in [0.25, 0.3) is 0 Å². The molecule has 82 valence electrons. The Hall–Kier alpha value is -1.35. The van der Waals surface area contributed by atoms with Gasteiger partial charge in [0.05, 0.1) is 0 Å². The minimum absolute atomic E-state index is 0.0762. The molecule has 1 amide bonds. The van der Waals surface area contributed by atoms with Crippen molar-refractivity contribution >= 4 is 5.91 Å². The van der Waals surface area contributed by atoms with Crippen molar-refractivity contribution in [3.8, 4) is 0 Å². The number of hydrogen-bond donors (Lipinski definition) is 2. The van der Waals surface area contributed by atoms with Crippen LogP contribution in [0.15, 0.2) is 24.3 Å². The predicted molar refractivity (Wildman–Crippen MR) is 61.6 cm³/mol. The van der Waals surface area contributed by atoms with Crippen molar-refractivity contribution < 1.29 is 4.79 Å². The molecule has 0 saturated carbocycles. The third-order valence-electron chi connectivity index (χ3n) is 2.38. The highest BCUT2D eigenvalue weighted by molar-refractivity contribution is 5.75. The first-order chi connectivity index (χ1) is 7.24. The Morgan fingerprint density at radius 2 is 2.07 bits per heavy atom. The van der Waals surface area contributed by atoms with E-state index in [2.05, 4.69) is 29.7 Å². The van der Waals surface area contributed by atoms with Crippen LogP contribution < -0.4 is 10.6 Å². The zero-order valence-electron chi connectivity index (χ0n) is 9.34. The van der Waals surface area contributed by atoms with Gasteiger partial charge in [-0.1, -0.05) is 24.3 Å². The maximum atomic E-state index is 10.9. The lowest BCUT2D eigenvalue weighted by Gasteiger charge is -2.06. The third kappa shape index (κ3) is 4.13. The number of rotatable bonds is 5. The Labute approximate surface area is 90.9 Å². The number of aryl methyl sites for hydroxylation is 1. The molecule has 0 atom stereocenters. The molecule has 15 heavy (non-hydrogen) atoms. The fraction of sp³-hybridized carbons (Fsp3) is 0.417. The molecule has 0 aliphatic rings. The van der Waals surface area contributed by atoms with Crippen LogP contribution in [0.5, 0.6) is 0 Å². The van der Waals surface area contributed by atoms with E-state index in [4.69, 9.17) is 0 Å². The quantitative estimate of drug-likeness (QED) is 0.711. The van der Waals surface area contributed by atoms with E-state index in [-0.39, 0.29) is 5.91 Å². The van der Waals surface area contributed by atoms with E-state index in [0.717, 1.165) is 6.54 Å². The Bertz CT molecular complexity index is 323. The van der Waals surface area contributed by atoms with Crippen LogP contribution in [-0.4, -0.2) is 19.5 Å². The van der Waals surface area contributed by atoms with Crippen molar-refractivity contribution in [3.05, 3.63) is 35.4 Å². The van der Waals surface area contributed by atoms with Crippen molar-refractivity contribution in [3.63, 3.8) is 0 Å². The summed E-state index contributed by atoms with van der Waals surface area (Å²) in [5, 5.41) is 5.84. The second-order valence-corrected chi connectivity index (χ2v) is 3.53. The molecule has 2 N–H and O–H groups in total. The molecular weight excluding hydrogens is 188 g/mol. The van der Waals surface area contributed by atoms with Crippen LogP contribution in [-0.2, 0) is 11.3 Å². The molecule has 3 nitrogen and oxygen atoms in total. The van der Waals surface area contributed by atoms with Gasteiger partial charge >= 0.3 is 0 Å². The van der Waals surface area contributed by atoms with Gasteiger partial charge in [0.15, 0.2) is 0 Å². The minimum atomic E-state index is 0.0762. The summed E-state index contributed by atoms with van der Waals surface area (Å²) in [6.07, 6.45) is 0.530. The van der Waals surface area contributed by atoms with Crippen molar-refractivity contribution in [2.45, 2.75) is 19.9 Å². The topological polar surface area (TPSA) is 41.1 Å². The van der Waals surface area contributed by atoms with Gasteiger partial charge in [-0.15, -0.1) is 0 Å². The van der Waals surface area contributed by atoms with Crippen molar-refractivity contribution in [2.24, 2.45) is 0 Å². The smallest absolute Gasteiger partial charge is 0.221 e. The van der Waals surface area contributed by atoms with Gasteiger partial charge in [-0.3, -0.25) is 4.79 Å². The van der Waals surface area contributed by atoms with E-state index in [1.807, 2.05) is 12.1 Å². The fourth-order valence-electron chi connectivity index (χ4n) is 1.36. The summed E-state index contributed by atoms with van der Waals surface area (Å²) in [4.78, 5) is 10.9. The van der Waals surface area contributed by atoms with Crippen LogP contribution in [0.2, 0.25) is 0 Å². The Morgan fingerprint density at radius 1 is 1.33 bits per heavy atom. The summed E-state index contributed by atoms with van der Waals surface area (Å²) >= 11 is 0. The van der Waals surface area contributed by atoms with Gasteiger partial charge in [0.2, 0.25) is 5.91 Å². The van der Waals surface area contributed by atoms with Gasteiger partial charge in [-0.2, -0.15) is 0 Å². The first kappa shape index (κ1) is 11.7. The van der Waals surface area contributed by atoms with E-state index in [9.17, 15) is 4.79 Å². The first-order valence-electron chi connectivity index (χ1n) is 5.20. The third-order valence-corrected chi connectivity index (χ3v) is 2.38. The maximum Gasteiger partial charge on any atom is 0.221 e. The van der Waals surface area contributed by atoms with E-state index < -0.39 is 0 Å². The predicted octanol–water partition coefficient (Wildman–Crippen LogP) is 1.22. The zero-order chi connectivity index (χ0) is 11.1. The molecule has 0 aliphatic carbocycles. The van der Waals surface area contributed by atoms with Crippen LogP contribution in [0.3, 0.4) is 0 Å². The highest BCUT2D eigenvalue weighted by atomic mass is 16.1. The highest BCUT2D eigenvalue weighted by Gasteiger charge is 1.98. The number of carbonyl (C=O) groups excluding carboxylic acids is 1. The van der Waals surface area contributed by atoms with Crippen LogP contribution in [0, 0.1) is 6.92 Å². The molecule has 3 heteroatoms. The summed E-state index contributed by atoms with van der Waals surface area (Å²) < 4.78 is 0. The monoisotopic (exact) mass is 206 g/mol. The second-order valence-electron chi connectivity index (χ2n) is 3.53. The SMILES string of the molecule is CNC(=O)CCNCc1ccccc1C. The van der Waals surface area contributed by atoms with Gasteiger partial charge in [-0.05, 0) is 18.1 Å². The molecule has 0 spiro atoms. The molecule has 0 saturated heterocycles. The average molecular weight is 206 g/mol. The molecule has 0 bridgehead atoms.